The maximum absolute atomic E-state index is 11.9. The first-order valence-corrected chi connectivity index (χ1v) is 7.39. The highest BCUT2D eigenvalue weighted by atomic mass is 35.5. The predicted molar refractivity (Wildman–Crippen MR) is 72.7 cm³/mol. The Balaban J connectivity index is 2.68. The molecule has 0 aliphatic carbocycles. The first-order valence-electron chi connectivity index (χ1n) is 5.25. The van der Waals surface area contributed by atoms with Crippen molar-refractivity contribution in [2.45, 2.75) is 25.0 Å². The van der Waals surface area contributed by atoms with Crippen molar-refractivity contribution in [1.29, 1.82) is 5.26 Å². The van der Waals surface area contributed by atoms with E-state index in [9.17, 15) is 4.21 Å². The highest BCUT2D eigenvalue weighted by molar-refractivity contribution is 7.85. The van der Waals surface area contributed by atoms with Gasteiger partial charge in [0.1, 0.15) is 0 Å². The number of unbranched alkanes of at least 4 members (excludes halogenated alkanes) is 1. The van der Waals surface area contributed by atoms with Crippen molar-refractivity contribution in [2.75, 3.05) is 5.75 Å². The molecule has 0 aliphatic rings. The number of hydrogen-bond donors (Lipinski definition) is 0. The van der Waals surface area contributed by atoms with Gasteiger partial charge >= 0.3 is 0 Å². The van der Waals surface area contributed by atoms with E-state index in [-0.39, 0.29) is 5.25 Å². The third-order valence-corrected chi connectivity index (χ3v) is 4.93. The Kier molecular flexibility index (Phi) is 5.97. The van der Waals surface area contributed by atoms with Gasteiger partial charge in [-0.3, -0.25) is 4.21 Å². The lowest BCUT2D eigenvalue weighted by Crippen LogP contribution is -2.06. The lowest BCUT2D eigenvalue weighted by molar-refractivity contribution is 0.673. The zero-order valence-electron chi connectivity index (χ0n) is 9.45. The molecule has 0 bridgehead atoms. The molecule has 5 heteroatoms. The number of hydrogen-bond acceptors (Lipinski definition) is 2. The summed E-state index contributed by atoms with van der Waals surface area (Å²) in [5.74, 6) is 0.537. The van der Waals surface area contributed by atoms with Crippen LogP contribution in [-0.2, 0) is 10.8 Å². The maximum atomic E-state index is 11.9. The molecule has 0 spiro atoms. The Morgan fingerprint density at radius 1 is 1.41 bits per heavy atom. The summed E-state index contributed by atoms with van der Waals surface area (Å²) in [7, 11) is -0.985. The lowest BCUT2D eigenvalue weighted by atomic mass is 10.2. The van der Waals surface area contributed by atoms with Gasteiger partial charge in [-0.15, -0.1) is 0 Å². The van der Waals surface area contributed by atoms with Crippen LogP contribution in [0, 0.1) is 11.3 Å². The van der Waals surface area contributed by atoms with Gasteiger partial charge in [0.15, 0.2) is 0 Å². The van der Waals surface area contributed by atoms with Crippen LogP contribution in [0.4, 0.5) is 0 Å². The normalized spacial score (nSPS) is 14.0. The number of halogens is 2. The van der Waals surface area contributed by atoms with Crippen molar-refractivity contribution in [3.05, 3.63) is 33.8 Å². The summed E-state index contributed by atoms with van der Waals surface area (Å²) in [6.45, 7) is 1.89. The second-order valence-corrected chi connectivity index (χ2v) is 6.35. The summed E-state index contributed by atoms with van der Waals surface area (Å²) in [5.41, 5.74) is 0.912. The summed E-state index contributed by atoms with van der Waals surface area (Å²) in [6, 6.07) is 7.34. The fraction of sp³-hybridized carbons (Fsp3) is 0.417. The van der Waals surface area contributed by atoms with Crippen LogP contribution in [0.2, 0.25) is 10.0 Å². The van der Waals surface area contributed by atoms with Crippen molar-refractivity contribution in [2.24, 2.45) is 0 Å². The van der Waals surface area contributed by atoms with Crippen LogP contribution in [0.5, 0.6) is 0 Å². The summed E-state index contributed by atoms with van der Waals surface area (Å²) >= 11 is 11.7. The minimum Gasteiger partial charge on any atom is -0.259 e. The van der Waals surface area contributed by atoms with E-state index in [0.717, 1.165) is 5.56 Å². The van der Waals surface area contributed by atoms with Crippen LogP contribution in [0.3, 0.4) is 0 Å². The van der Waals surface area contributed by atoms with Gasteiger partial charge in [0.2, 0.25) is 0 Å². The van der Waals surface area contributed by atoms with Gasteiger partial charge in [0.25, 0.3) is 0 Å². The average molecular weight is 290 g/mol. The minimum absolute atomic E-state index is 0.0940. The van der Waals surface area contributed by atoms with E-state index in [1.54, 1.807) is 12.1 Å². The van der Waals surface area contributed by atoms with Crippen LogP contribution < -0.4 is 0 Å². The maximum Gasteiger partial charge on any atom is 0.0622 e. The van der Waals surface area contributed by atoms with E-state index in [1.165, 1.54) is 0 Å². The third-order valence-electron chi connectivity index (χ3n) is 2.44. The molecule has 0 saturated heterocycles. The lowest BCUT2D eigenvalue weighted by Gasteiger charge is -2.12. The summed E-state index contributed by atoms with van der Waals surface area (Å²) in [4.78, 5) is 0. The third kappa shape index (κ3) is 4.31. The van der Waals surface area contributed by atoms with E-state index < -0.39 is 10.8 Å². The van der Waals surface area contributed by atoms with Gasteiger partial charge in [-0.2, -0.15) is 5.26 Å². The van der Waals surface area contributed by atoms with Gasteiger partial charge in [0.05, 0.1) is 21.4 Å². The van der Waals surface area contributed by atoms with E-state index >= 15 is 0 Å². The molecule has 1 aromatic rings. The second-order valence-electron chi connectivity index (χ2n) is 3.66. The molecule has 0 unspecified atom stereocenters. The van der Waals surface area contributed by atoms with Crippen molar-refractivity contribution in [1.82, 2.24) is 0 Å². The van der Waals surface area contributed by atoms with Gasteiger partial charge < -0.3 is 0 Å². The van der Waals surface area contributed by atoms with Crippen LogP contribution in [0.25, 0.3) is 0 Å². The summed E-state index contributed by atoms with van der Waals surface area (Å²) in [6.07, 6.45) is 1.11. The molecule has 92 valence electrons. The zero-order chi connectivity index (χ0) is 12.8. The monoisotopic (exact) mass is 289 g/mol. The zero-order valence-corrected chi connectivity index (χ0v) is 11.8. The van der Waals surface area contributed by atoms with Gasteiger partial charge in [-0.25, -0.2) is 0 Å². The molecule has 2 nitrogen and oxygen atoms in total. The number of nitriles is 1. The minimum atomic E-state index is -0.985. The molecule has 2 atom stereocenters. The molecule has 0 fully saturated rings. The van der Waals surface area contributed by atoms with Crippen LogP contribution in [-0.4, -0.2) is 9.96 Å². The fourth-order valence-corrected chi connectivity index (χ4v) is 2.93. The average Bonchev–Trinajstić information content (AvgIpc) is 2.32. The fourth-order valence-electron chi connectivity index (χ4n) is 1.39. The van der Waals surface area contributed by atoms with E-state index in [1.807, 2.05) is 19.1 Å². The van der Waals surface area contributed by atoms with E-state index in [4.69, 9.17) is 28.5 Å². The quantitative estimate of drug-likeness (QED) is 0.766. The Labute approximate surface area is 114 Å². The summed E-state index contributed by atoms with van der Waals surface area (Å²) in [5, 5.41) is 9.30. The Bertz CT molecular complexity index is 456. The van der Waals surface area contributed by atoms with Crippen molar-refractivity contribution < 1.29 is 4.21 Å². The topological polar surface area (TPSA) is 40.9 Å². The molecule has 0 N–H and O–H groups in total. The highest BCUT2D eigenvalue weighted by Crippen LogP contribution is 2.28. The molecule has 0 radical (unpaired) electrons. The molecular weight excluding hydrogens is 277 g/mol. The van der Waals surface area contributed by atoms with Gasteiger partial charge in [-0.05, 0) is 31.0 Å². The standard InChI is InChI=1S/C12H13Cl2NOS/c1-9(17(16)7-3-2-6-15)10-4-5-11(13)12(14)8-10/h4-5,8-9H,2-3,7H2,1H3/t9-,17-/m1/s1. The van der Waals surface area contributed by atoms with Crippen molar-refractivity contribution in [3.8, 4) is 6.07 Å². The first-order chi connectivity index (χ1) is 8.06. The smallest absolute Gasteiger partial charge is 0.0622 e. The number of nitrogens with zero attached hydrogens (tertiary/aromatic N) is 1. The molecule has 0 amide bonds. The molecule has 0 heterocycles. The predicted octanol–water partition coefficient (Wildman–Crippen LogP) is 4.11. The molecule has 0 saturated carbocycles. The molecular formula is C12H13Cl2NOS. The number of benzene rings is 1. The largest absolute Gasteiger partial charge is 0.259 e. The van der Waals surface area contributed by atoms with E-state index in [2.05, 4.69) is 0 Å². The van der Waals surface area contributed by atoms with E-state index in [0.29, 0.717) is 28.6 Å². The molecule has 0 aliphatic heterocycles. The summed E-state index contributed by atoms with van der Waals surface area (Å²) < 4.78 is 11.9. The molecule has 1 rings (SSSR count). The Hall–Kier alpha value is -0.560. The SMILES string of the molecule is C[C@H](c1ccc(Cl)c(Cl)c1)[S@](=O)CCCC#N. The molecule has 17 heavy (non-hydrogen) atoms. The van der Waals surface area contributed by atoms with Gasteiger partial charge in [0, 0.05) is 23.0 Å². The molecule has 0 aromatic heterocycles. The number of rotatable bonds is 5. The molecule has 1 aromatic carbocycles. The van der Waals surface area contributed by atoms with Crippen LogP contribution >= 0.6 is 23.2 Å². The van der Waals surface area contributed by atoms with Crippen LogP contribution in [0.1, 0.15) is 30.6 Å². The Morgan fingerprint density at radius 3 is 2.71 bits per heavy atom. The van der Waals surface area contributed by atoms with Crippen molar-refractivity contribution in [3.63, 3.8) is 0 Å². The van der Waals surface area contributed by atoms with Crippen molar-refractivity contribution >= 4 is 34.0 Å². The first kappa shape index (κ1) is 14.5. The second kappa shape index (κ2) is 7.00. The Morgan fingerprint density at radius 2 is 2.12 bits per heavy atom. The van der Waals surface area contributed by atoms with Gasteiger partial charge in [-0.1, -0.05) is 29.3 Å². The highest BCUT2D eigenvalue weighted by Gasteiger charge is 2.14. The van der Waals surface area contributed by atoms with Crippen LogP contribution in [0.15, 0.2) is 18.2 Å².